The van der Waals surface area contributed by atoms with Gasteiger partial charge in [0.1, 0.15) is 0 Å². The molecule has 1 aromatic heterocycles. The lowest BCUT2D eigenvalue weighted by Crippen LogP contribution is -2.40. The number of likely N-dealkylation sites (tertiary alicyclic amines) is 1. The molecule has 0 aliphatic carbocycles. The SMILES string of the molecule is CNC(=O)NC(=O)CCN1CCC(c2cnn(C)c2)CC1. The van der Waals surface area contributed by atoms with E-state index in [9.17, 15) is 9.59 Å². The van der Waals surface area contributed by atoms with Gasteiger partial charge in [0.05, 0.1) is 6.20 Å². The summed E-state index contributed by atoms with van der Waals surface area (Å²) in [5, 5.41) is 8.87. The second-order valence-electron chi connectivity index (χ2n) is 5.44. The Morgan fingerprint density at radius 2 is 2.10 bits per heavy atom. The molecule has 0 atom stereocenters. The summed E-state index contributed by atoms with van der Waals surface area (Å²) in [6, 6.07) is -0.449. The molecule has 1 fully saturated rings. The topological polar surface area (TPSA) is 79.3 Å². The van der Waals surface area contributed by atoms with Gasteiger partial charge in [-0.25, -0.2) is 4.79 Å². The first kappa shape index (κ1) is 15.5. The molecular weight excluding hydrogens is 270 g/mol. The van der Waals surface area contributed by atoms with Crippen molar-refractivity contribution in [2.45, 2.75) is 25.2 Å². The molecule has 2 N–H and O–H groups in total. The quantitative estimate of drug-likeness (QED) is 0.844. The summed E-state index contributed by atoms with van der Waals surface area (Å²) in [5.74, 6) is 0.332. The molecule has 0 saturated carbocycles. The standard InChI is InChI=1S/C14H23N5O2/c1-15-14(21)17-13(20)5-8-19-6-3-11(4-7-19)12-9-16-18(2)10-12/h9-11H,3-8H2,1-2H3,(H2,15,17,20,21). The van der Waals surface area contributed by atoms with Crippen LogP contribution in [0.25, 0.3) is 0 Å². The number of imide groups is 1. The van der Waals surface area contributed by atoms with Crippen LogP contribution in [0.1, 0.15) is 30.7 Å². The van der Waals surface area contributed by atoms with Gasteiger partial charge in [-0.3, -0.25) is 14.8 Å². The number of urea groups is 1. The predicted octanol–water partition coefficient (Wildman–Crippen LogP) is 0.445. The van der Waals surface area contributed by atoms with E-state index in [1.54, 1.807) is 0 Å². The first-order chi connectivity index (χ1) is 10.1. The van der Waals surface area contributed by atoms with Crippen LogP contribution in [-0.4, -0.2) is 53.3 Å². The number of hydrogen-bond acceptors (Lipinski definition) is 4. The molecule has 1 aliphatic heterocycles. The molecule has 0 unspecified atom stereocenters. The maximum absolute atomic E-state index is 11.5. The molecule has 116 valence electrons. The van der Waals surface area contributed by atoms with E-state index in [1.807, 2.05) is 17.9 Å². The van der Waals surface area contributed by atoms with E-state index >= 15 is 0 Å². The lowest BCUT2D eigenvalue weighted by molar-refractivity contribution is -0.120. The van der Waals surface area contributed by atoms with Crippen LogP contribution in [0.2, 0.25) is 0 Å². The van der Waals surface area contributed by atoms with E-state index < -0.39 is 6.03 Å². The zero-order valence-corrected chi connectivity index (χ0v) is 12.6. The number of piperidine rings is 1. The van der Waals surface area contributed by atoms with Gasteiger partial charge >= 0.3 is 6.03 Å². The Labute approximate surface area is 124 Å². The van der Waals surface area contributed by atoms with Crippen molar-refractivity contribution in [3.05, 3.63) is 18.0 Å². The Morgan fingerprint density at radius 3 is 2.67 bits per heavy atom. The summed E-state index contributed by atoms with van der Waals surface area (Å²) < 4.78 is 1.84. The molecule has 3 amide bonds. The number of rotatable bonds is 4. The average Bonchev–Trinajstić information content (AvgIpc) is 2.92. The second-order valence-corrected chi connectivity index (χ2v) is 5.44. The highest BCUT2D eigenvalue weighted by molar-refractivity contribution is 5.94. The van der Waals surface area contributed by atoms with Gasteiger partial charge < -0.3 is 10.2 Å². The zero-order valence-electron chi connectivity index (χ0n) is 12.6. The van der Waals surface area contributed by atoms with Gasteiger partial charge in [0.2, 0.25) is 5.91 Å². The van der Waals surface area contributed by atoms with Gasteiger partial charge in [0.25, 0.3) is 0 Å². The van der Waals surface area contributed by atoms with Gasteiger partial charge in [0, 0.05) is 33.3 Å². The van der Waals surface area contributed by atoms with Gasteiger partial charge in [-0.05, 0) is 37.4 Å². The molecule has 21 heavy (non-hydrogen) atoms. The second kappa shape index (κ2) is 7.21. The monoisotopic (exact) mass is 293 g/mol. The highest BCUT2D eigenvalue weighted by atomic mass is 16.2. The Kier molecular flexibility index (Phi) is 5.32. The Balaban J connectivity index is 1.69. The van der Waals surface area contributed by atoms with E-state index in [-0.39, 0.29) is 5.91 Å². The summed E-state index contributed by atoms with van der Waals surface area (Å²) >= 11 is 0. The normalized spacial score (nSPS) is 16.7. The van der Waals surface area contributed by atoms with Gasteiger partial charge in [-0.15, -0.1) is 0 Å². The average molecular weight is 293 g/mol. The van der Waals surface area contributed by atoms with Crippen molar-refractivity contribution in [1.82, 2.24) is 25.3 Å². The molecule has 0 spiro atoms. The van der Waals surface area contributed by atoms with Crippen molar-refractivity contribution in [2.75, 3.05) is 26.7 Å². The van der Waals surface area contributed by atoms with Crippen LogP contribution >= 0.6 is 0 Å². The lowest BCUT2D eigenvalue weighted by Gasteiger charge is -2.31. The lowest BCUT2D eigenvalue weighted by atomic mass is 9.91. The van der Waals surface area contributed by atoms with E-state index in [0.717, 1.165) is 25.9 Å². The predicted molar refractivity (Wildman–Crippen MR) is 78.8 cm³/mol. The minimum absolute atomic E-state index is 0.233. The third-order valence-corrected chi connectivity index (χ3v) is 3.92. The fraction of sp³-hybridized carbons (Fsp3) is 0.643. The molecular formula is C14H23N5O2. The molecule has 0 aromatic carbocycles. The largest absolute Gasteiger partial charge is 0.341 e. The molecule has 0 bridgehead atoms. The summed E-state index contributed by atoms with van der Waals surface area (Å²) in [6.45, 7) is 2.65. The van der Waals surface area contributed by atoms with Crippen molar-refractivity contribution in [2.24, 2.45) is 7.05 Å². The van der Waals surface area contributed by atoms with Crippen LogP contribution in [0.5, 0.6) is 0 Å². The Bertz CT molecular complexity index is 491. The number of nitrogens with one attached hydrogen (secondary N) is 2. The highest BCUT2D eigenvalue weighted by Crippen LogP contribution is 2.27. The molecule has 0 radical (unpaired) electrons. The van der Waals surface area contributed by atoms with Crippen molar-refractivity contribution in [3.8, 4) is 0 Å². The first-order valence-corrected chi connectivity index (χ1v) is 7.31. The maximum Gasteiger partial charge on any atom is 0.321 e. The smallest absolute Gasteiger partial charge is 0.321 e. The Hall–Kier alpha value is -1.89. The van der Waals surface area contributed by atoms with Gasteiger partial charge in [-0.2, -0.15) is 5.10 Å². The first-order valence-electron chi connectivity index (χ1n) is 7.31. The van der Waals surface area contributed by atoms with Crippen LogP contribution in [-0.2, 0) is 11.8 Å². The van der Waals surface area contributed by atoms with Crippen LogP contribution in [0.15, 0.2) is 12.4 Å². The molecule has 7 heteroatoms. The van der Waals surface area contributed by atoms with Crippen molar-refractivity contribution in [3.63, 3.8) is 0 Å². The van der Waals surface area contributed by atoms with Crippen LogP contribution in [0.3, 0.4) is 0 Å². The van der Waals surface area contributed by atoms with E-state index in [4.69, 9.17) is 0 Å². The fourth-order valence-electron chi connectivity index (χ4n) is 2.65. The highest BCUT2D eigenvalue weighted by Gasteiger charge is 2.21. The van der Waals surface area contributed by atoms with Crippen molar-refractivity contribution in [1.29, 1.82) is 0 Å². The van der Waals surface area contributed by atoms with E-state index in [0.29, 0.717) is 18.9 Å². The third kappa shape index (κ3) is 4.56. The number of nitrogens with zero attached hydrogens (tertiary/aromatic N) is 3. The summed E-state index contributed by atoms with van der Waals surface area (Å²) in [6.07, 6.45) is 6.55. The number of hydrogen-bond donors (Lipinski definition) is 2. The Morgan fingerprint density at radius 1 is 1.38 bits per heavy atom. The number of amides is 3. The number of aromatic nitrogens is 2. The number of carbonyl (C=O) groups is 2. The fourth-order valence-corrected chi connectivity index (χ4v) is 2.65. The van der Waals surface area contributed by atoms with Gasteiger partial charge in [0.15, 0.2) is 0 Å². The number of carbonyl (C=O) groups excluding carboxylic acids is 2. The molecule has 1 aliphatic rings. The minimum atomic E-state index is -0.449. The summed E-state index contributed by atoms with van der Waals surface area (Å²) in [7, 11) is 3.43. The third-order valence-electron chi connectivity index (χ3n) is 3.92. The van der Waals surface area contributed by atoms with Crippen LogP contribution in [0.4, 0.5) is 4.79 Å². The zero-order chi connectivity index (χ0) is 15.2. The van der Waals surface area contributed by atoms with E-state index in [2.05, 4.69) is 26.8 Å². The van der Waals surface area contributed by atoms with Crippen molar-refractivity contribution < 1.29 is 9.59 Å². The summed E-state index contributed by atoms with van der Waals surface area (Å²) in [5.41, 5.74) is 1.30. The molecule has 2 heterocycles. The molecule has 1 saturated heterocycles. The maximum atomic E-state index is 11.5. The minimum Gasteiger partial charge on any atom is -0.341 e. The van der Waals surface area contributed by atoms with Crippen LogP contribution < -0.4 is 10.6 Å². The molecule has 7 nitrogen and oxygen atoms in total. The van der Waals surface area contributed by atoms with Crippen molar-refractivity contribution >= 4 is 11.9 Å². The van der Waals surface area contributed by atoms with E-state index in [1.165, 1.54) is 12.6 Å². The summed E-state index contributed by atoms with van der Waals surface area (Å²) in [4.78, 5) is 24.8. The van der Waals surface area contributed by atoms with Gasteiger partial charge in [-0.1, -0.05) is 0 Å². The van der Waals surface area contributed by atoms with Crippen LogP contribution in [0, 0.1) is 0 Å². The number of aryl methyl sites for hydroxylation is 1. The molecule has 1 aromatic rings. The molecule has 2 rings (SSSR count).